The van der Waals surface area contributed by atoms with E-state index in [0.717, 1.165) is 65.9 Å². The van der Waals surface area contributed by atoms with Gasteiger partial charge >= 0.3 is 0 Å². The molecule has 0 N–H and O–H groups in total. The predicted octanol–water partition coefficient (Wildman–Crippen LogP) is 10.7. The normalized spacial score (nSPS) is 11.6. The Kier molecular flexibility index (Phi) is 5.78. The highest BCUT2D eigenvalue weighted by molar-refractivity contribution is 6.06. The van der Waals surface area contributed by atoms with E-state index in [0.29, 0.717) is 17.5 Å². The van der Waals surface area contributed by atoms with Crippen molar-refractivity contribution in [3.63, 3.8) is 0 Å². The van der Waals surface area contributed by atoms with Gasteiger partial charge in [0.05, 0.1) is 0 Å². The summed E-state index contributed by atoms with van der Waals surface area (Å²) in [6.45, 7) is 0. The molecule has 2 aromatic heterocycles. The molecule has 0 spiro atoms. The fraction of sp³-hybridized carbons (Fsp3) is 0. The molecule has 0 saturated heterocycles. The van der Waals surface area contributed by atoms with Gasteiger partial charge in [-0.2, -0.15) is 0 Å². The quantitative estimate of drug-likeness (QED) is 0.209. The van der Waals surface area contributed by atoms with Crippen molar-refractivity contribution in [1.82, 2.24) is 15.0 Å². The highest BCUT2D eigenvalue weighted by Crippen LogP contribution is 2.36. The summed E-state index contributed by atoms with van der Waals surface area (Å²) >= 11 is 0. The highest BCUT2D eigenvalue weighted by Gasteiger charge is 2.17. The largest absolute Gasteiger partial charge is 0.456 e. The second kappa shape index (κ2) is 10.2. The lowest BCUT2D eigenvalue weighted by Gasteiger charge is -2.13. The average molecular weight is 576 g/mol. The van der Waals surface area contributed by atoms with Crippen LogP contribution in [-0.2, 0) is 0 Å². The van der Waals surface area contributed by atoms with E-state index >= 15 is 0 Å². The summed E-state index contributed by atoms with van der Waals surface area (Å²) in [4.78, 5) is 15.3. The van der Waals surface area contributed by atoms with E-state index in [2.05, 4.69) is 121 Å². The maximum absolute atomic E-state index is 6.24. The first-order valence-corrected chi connectivity index (χ1v) is 15.0. The average Bonchev–Trinajstić information content (AvgIpc) is 3.49. The monoisotopic (exact) mass is 575 g/mol. The van der Waals surface area contributed by atoms with Crippen LogP contribution in [0, 0.1) is 0 Å². The van der Waals surface area contributed by atoms with Crippen molar-refractivity contribution >= 4 is 43.5 Å². The standard InChI is InChI=1S/C41H25N3O/c1-2-10-26(11-3-1)32-23-29-14-6-7-15-33(29)36(24-32)41-43-39(30-19-18-27-12-4-5-13-28(27)22-30)42-40(44-41)31-20-21-35-34-16-8-9-17-37(34)45-38(35)25-31/h1-25H. The summed E-state index contributed by atoms with van der Waals surface area (Å²) in [7, 11) is 0. The molecule has 45 heavy (non-hydrogen) atoms. The molecule has 0 atom stereocenters. The highest BCUT2D eigenvalue weighted by atomic mass is 16.3. The van der Waals surface area contributed by atoms with Gasteiger partial charge in [-0.15, -0.1) is 0 Å². The number of benzene rings is 7. The van der Waals surface area contributed by atoms with Crippen LogP contribution in [0.2, 0.25) is 0 Å². The maximum Gasteiger partial charge on any atom is 0.164 e. The van der Waals surface area contributed by atoms with Gasteiger partial charge in [0.1, 0.15) is 11.2 Å². The van der Waals surface area contributed by atoms with Crippen molar-refractivity contribution in [3.05, 3.63) is 152 Å². The van der Waals surface area contributed by atoms with E-state index in [9.17, 15) is 0 Å². The number of furan rings is 1. The molecule has 2 heterocycles. The molecule has 4 nitrogen and oxygen atoms in total. The van der Waals surface area contributed by atoms with Crippen molar-refractivity contribution in [2.24, 2.45) is 0 Å². The van der Waals surface area contributed by atoms with Crippen molar-refractivity contribution in [2.75, 3.05) is 0 Å². The van der Waals surface area contributed by atoms with Gasteiger partial charge in [0.15, 0.2) is 17.5 Å². The second-order valence-electron chi connectivity index (χ2n) is 11.3. The molecule has 7 aromatic carbocycles. The van der Waals surface area contributed by atoms with Crippen molar-refractivity contribution in [1.29, 1.82) is 0 Å². The molecule has 0 amide bonds. The molecule has 0 fully saturated rings. The summed E-state index contributed by atoms with van der Waals surface area (Å²) in [5, 5.41) is 6.70. The van der Waals surface area contributed by atoms with Gasteiger partial charge in [-0.05, 0) is 69.1 Å². The molecule has 0 aliphatic carbocycles. The Bertz CT molecular complexity index is 2550. The first-order chi connectivity index (χ1) is 22.3. The van der Waals surface area contributed by atoms with Gasteiger partial charge < -0.3 is 4.42 Å². The van der Waals surface area contributed by atoms with E-state index in [-0.39, 0.29) is 0 Å². The summed E-state index contributed by atoms with van der Waals surface area (Å²) in [5.41, 5.74) is 6.69. The Morgan fingerprint density at radius 1 is 0.333 bits per heavy atom. The Labute approximate surface area is 259 Å². The van der Waals surface area contributed by atoms with Gasteiger partial charge in [0.2, 0.25) is 0 Å². The molecule has 0 radical (unpaired) electrons. The minimum Gasteiger partial charge on any atom is -0.456 e. The first-order valence-electron chi connectivity index (χ1n) is 15.0. The number of hydrogen-bond acceptors (Lipinski definition) is 4. The molecule has 0 saturated carbocycles. The third-order valence-electron chi connectivity index (χ3n) is 8.49. The summed E-state index contributed by atoms with van der Waals surface area (Å²) in [6.07, 6.45) is 0. The zero-order valence-electron chi connectivity index (χ0n) is 24.2. The van der Waals surface area contributed by atoms with Crippen LogP contribution >= 0.6 is 0 Å². The zero-order valence-corrected chi connectivity index (χ0v) is 24.2. The first kappa shape index (κ1) is 25.4. The molecule has 9 rings (SSSR count). The molecule has 0 bridgehead atoms. The van der Waals surface area contributed by atoms with Crippen LogP contribution in [0.5, 0.6) is 0 Å². The topological polar surface area (TPSA) is 51.8 Å². The third kappa shape index (κ3) is 4.43. The summed E-state index contributed by atoms with van der Waals surface area (Å²) in [6, 6.07) is 52.3. The van der Waals surface area contributed by atoms with E-state index in [4.69, 9.17) is 19.4 Å². The minimum atomic E-state index is 0.597. The number of rotatable bonds is 4. The van der Waals surface area contributed by atoms with Crippen LogP contribution in [-0.4, -0.2) is 15.0 Å². The Morgan fingerprint density at radius 3 is 1.78 bits per heavy atom. The Morgan fingerprint density at radius 2 is 0.933 bits per heavy atom. The van der Waals surface area contributed by atoms with Crippen LogP contribution in [0.1, 0.15) is 0 Å². The van der Waals surface area contributed by atoms with E-state index in [1.165, 1.54) is 5.39 Å². The van der Waals surface area contributed by atoms with Gasteiger partial charge in [0.25, 0.3) is 0 Å². The zero-order chi connectivity index (χ0) is 29.7. The van der Waals surface area contributed by atoms with Crippen LogP contribution in [0.4, 0.5) is 0 Å². The lowest BCUT2D eigenvalue weighted by atomic mass is 9.96. The predicted molar refractivity (Wildman–Crippen MR) is 184 cm³/mol. The number of aromatic nitrogens is 3. The van der Waals surface area contributed by atoms with Crippen molar-refractivity contribution in [3.8, 4) is 45.3 Å². The SMILES string of the molecule is c1ccc(-c2cc(-c3nc(-c4ccc5ccccc5c4)nc(-c4ccc5c(c4)oc4ccccc45)n3)c3ccccc3c2)cc1. The Hall–Kier alpha value is -6.13. The number of para-hydroxylation sites is 1. The van der Waals surface area contributed by atoms with E-state index in [1.54, 1.807) is 0 Å². The maximum atomic E-state index is 6.24. The fourth-order valence-electron chi connectivity index (χ4n) is 6.24. The third-order valence-corrected chi connectivity index (χ3v) is 8.49. The molecule has 0 aliphatic rings. The fourth-order valence-corrected chi connectivity index (χ4v) is 6.24. The van der Waals surface area contributed by atoms with Crippen molar-refractivity contribution in [2.45, 2.75) is 0 Å². The van der Waals surface area contributed by atoms with Gasteiger partial charge in [-0.3, -0.25) is 0 Å². The van der Waals surface area contributed by atoms with Crippen LogP contribution < -0.4 is 0 Å². The van der Waals surface area contributed by atoms with Crippen LogP contribution in [0.15, 0.2) is 156 Å². The second-order valence-corrected chi connectivity index (χ2v) is 11.3. The lowest BCUT2D eigenvalue weighted by molar-refractivity contribution is 0.669. The van der Waals surface area contributed by atoms with Crippen LogP contribution in [0.3, 0.4) is 0 Å². The summed E-state index contributed by atoms with van der Waals surface area (Å²) < 4.78 is 6.24. The molecule has 0 unspecified atom stereocenters. The molecule has 9 aromatic rings. The molecule has 0 aliphatic heterocycles. The molecular weight excluding hydrogens is 550 g/mol. The molecule has 4 heteroatoms. The Balaban J connectivity index is 1.30. The minimum absolute atomic E-state index is 0.597. The van der Waals surface area contributed by atoms with Crippen molar-refractivity contribution < 1.29 is 4.42 Å². The molecule has 210 valence electrons. The van der Waals surface area contributed by atoms with E-state index in [1.807, 2.05) is 30.3 Å². The number of hydrogen-bond donors (Lipinski definition) is 0. The smallest absolute Gasteiger partial charge is 0.164 e. The number of fused-ring (bicyclic) bond motifs is 5. The van der Waals surface area contributed by atoms with Gasteiger partial charge in [-0.1, -0.05) is 115 Å². The summed E-state index contributed by atoms with van der Waals surface area (Å²) in [5.74, 6) is 1.85. The van der Waals surface area contributed by atoms with Gasteiger partial charge in [-0.25, -0.2) is 15.0 Å². The lowest BCUT2D eigenvalue weighted by Crippen LogP contribution is -2.01. The van der Waals surface area contributed by atoms with E-state index < -0.39 is 0 Å². The molecular formula is C41H25N3O. The number of nitrogens with zero attached hydrogens (tertiary/aromatic N) is 3. The van der Waals surface area contributed by atoms with Gasteiger partial charge in [0, 0.05) is 27.5 Å². The van der Waals surface area contributed by atoms with Crippen LogP contribution in [0.25, 0.3) is 88.8 Å².